The van der Waals surface area contributed by atoms with Gasteiger partial charge in [-0.2, -0.15) is 0 Å². The van der Waals surface area contributed by atoms with E-state index < -0.39 is 0 Å². The van der Waals surface area contributed by atoms with Gasteiger partial charge in [0.2, 0.25) is 0 Å². The number of furan rings is 1. The maximum absolute atomic E-state index is 11.2. The molecule has 2 heterocycles. The summed E-state index contributed by atoms with van der Waals surface area (Å²) in [5.41, 5.74) is 9.48. The Kier molecular flexibility index (Phi) is 3.88. The minimum absolute atomic E-state index is 0.399. The zero-order valence-corrected chi connectivity index (χ0v) is 13.7. The lowest BCUT2D eigenvalue weighted by molar-refractivity contribution is 0.112. The number of fused-ring (bicyclic) bond motifs is 1. The first-order chi connectivity index (χ1) is 11.0. The van der Waals surface area contributed by atoms with E-state index in [9.17, 15) is 4.79 Å². The summed E-state index contributed by atoms with van der Waals surface area (Å²) in [5.74, 6) is 0.623. The van der Waals surface area contributed by atoms with Crippen LogP contribution in [0.15, 0.2) is 46.3 Å². The van der Waals surface area contributed by atoms with Gasteiger partial charge in [-0.3, -0.25) is 4.79 Å². The van der Waals surface area contributed by atoms with Gasteiger partial charge in [-0.25, -0.2) is 4.99 Å². The summed E-state index contributed by atoms with van der Waals surface area (Å²) in [6.07, 6.45) is 0.749. The zero-order valence-electron chi connectivity index (χ0n) is 12.9. The number of nitrogen functional groups attached to an aromatic ring is 1. The number of para-hydroxylation sites is 1. The highest BCUT2D eigenvalue weighted by molar-refractivity contribution is 7.18. The Balaban J connectivity index is 2.16. The molecule has 0 saturated carbocycles. The fraction of sp³-hybridized carbons (Fsp3) is 0.111. The lowest BCUT2D eigenvalue weighted by atomic mass is 10.1. The molecule has 4 nitrogen and oxygen atoms in total. The second kappa shape index (κ2) is 5.85. The molecule has 0 aliphatic carbocycles. The minimum atomic E-state index is 0.399. The first-order valence-corrected chi connectivity index (χ1v) is 7.90. The van der Waals surface area contributed by atoms with Gasteiger partial charge in [-0.1, -0.05) is 24.8 Å². The molecule has 0 aliphatic rings. The zero-order chi connectivity index (χ0) is 16.6. The van der Waals surface area contributed by atoms with Crippen LogP contribution in [0.2, 0.25) is 0 Å². The molecule has 0 aliphatic heterocycles. The molecule has 2 aromatic heterocycles. The Morgan fingerprint density at radius 3 is 2.74 bits per heavy atom. The van der Waals surface area contributed by atoms with Gasteiger partial charge in [0.05, 0.1) is 10.6 Å². The van der Waals surface area contributed by atoms with E-state index in [1.807, 2.05) is 44.2 Å². The van der Waals surface area contributed by atoms with Crippen molar-refractivity contribution < 1.29 is 9.21 Å². The molecule has 0 spiro atoms. The van der Waals surface area contributed by atoms with E-state index in [1.54, 1.807) is 0 Å². The second-order valence-electron chi connectivity index (χ2n) is 5.36. The third kappa shape index (κ3) is 2.71. The average molecular weight is 324 g/mol. The lowest BCUT2D eigenvalue weighted by Crippen LogP contribution is -1.93. The number of carbonyl (C=O) groups is 1. The van der Waals surface area contributed by atoms with E-state index in [-0.39, 0.29) is 0 Å². The Labute approximate surface area is 138 Å². The summed E-state index contributed by atoms with van der Waals surface area (Å²) in [6, 6.07) is 9.65. The number of nitrogens with two attached hydrogens (primary N) is 1. The van der Waals surface area contributed by atoms with Gasteiger partial charge in [-0.15, -0.1) is 11.3 Å². The van der Waals surface area contributed by atoms with E-state index in [0.717, 1.165) is 23.0 Å². The van der Waals surface area contributed by atoms with Crippen molar-refractivity contribution in [2.75, 3.05) is 5.73 Å². The number of aliphatic imine (C=N–C) groups is 1. The van der Waals surface area contributed by atoms with Crippen LogP contribution in [-0.4, -0.2) is 12.0 Å². The monoisotopic (exact) mass is 324 g/mol. The number of carbonyl (C=O) groups excluding carboxylic acids is 1. The van der Waals surface area contributed by atoms with Crippen LogP contribution in [0, 0.1) is 0 Å². The standard InChI is InChI=1S/C18H16N2O2S/c1-10(2)20-18-16(17(19)15(9-21)23-18)11(3)14-8-12-6-4-5-7-13(12)22-14/h4-9H,3,19H2,1-2H3. The lowest BCUT2D eigenvalue weighted by Gasteiger charge is -2.04. The largest absolute Gasteiger partial charge is 0.456 e. The van der Waals surface area contributed by atoms with Gasteiger partial charge in [0.15, 0.2) is 6.29 Å². The Morgan fingerprint density at radius 1 is 1.35 bits per heavy atom. The van der Waals surface area contributed by atoms with Crippen LogP contribution >= 0.6 is 11.3 Å². The molecule has 2 N–H and O–H groups in total. The Hall–Kier alpha value is -2.66. The normalized spacial score (nSPS) is 10.7. The molecule has 0 bridgehead atoms. The highest BCUT2D eigenvalue weighted by Gasteiger charge is 2.21. The smallest absolute Gasteiger partial charge is 0.162 e. The molecule has 116 valence electrons. The molecule has 3 rings (SSSR count). The number of aldehydes is 1. The second-order valence-corrected chi connectivity index (χ2v) is 6.39. The number of hydrogen-bond donors (Lipinski definition) is 1. The molecule has 0 saturated heterocycles. The molecule has 5 heteroatoms. The number of hydrogen-bond acceptors (Lipinski definition) is 5. The van der Waals surface area contributed by atoms with Gasteiger partial charge in [0, 0.05) is 22.2 Å². The van der Waals surface area contributed by atoms with Crippen molar-refractivity contribution in [1.82, 2.24) is 0 Å². The predicted octanol–water partition coefficient (Wildman–Crippen LogP) is 5.06. The molecule has 3 aromatic rings. The van der Waals surface area contributed by atoms with Crippen LogP contribution in [0.25, 0.3) is 16.5 Å². The van der Waals surface area contributed by atoms with Crippen molar-refractivity contribution >= 4 is 50.6 Å². The average Bonchev–Trinajstić information content (AvgIpc) is 3.07. The van der Waals surface area contributed by atoms with Crippen LogP contribution in [0.5, 0.6) is 0 Å². The summed E-state index contributed by atoms with van der Waals surface area (Å²) in [4.78, 5) is 16.1. The maximum atomic E-state index is 11.2. The van der Waals surface area contributed by atoms with Crippen molar-refractivity contribution in [3.8, 4) is 0 Å². The van der Waals surface area contributed by atoms with Gasteiger partial charge < -0.3 is 10.2 Å². The predicted molar refractivity (Wildman–Crippen MR) is 96.9 cm³/mol. The van der Waals surface area contributed by atoms with Crippen LogP contribution in [-0.2, 0) is 0 Å². The van der Waals surface area contributed by atoms with Crippen LogP contribution < -0.4 is 5.73 Å². The van der Waals surface area contributed by atoms with Gasteiger partial charge >= 0.3 is 0 Å². The summed E-state index contributed by atoms with van der Waals surface area (Å²) < 4.78 is 5.85. The highest BCUT2D eigenvalue weighted by atomic mass is 32.1. The van der Waals surface area contributed by atoms with Gasteiger partial charge in [0.1, 0.15) is 16.3 Å². The van der Waals surface area contributed by atoms with E-state index in [4.69, 9.17) is 10.2 Å². The topological polar surface area (TPSA) is 68.6 Å². The summed E-state index contributed by atoms with van der Waals surface area (Å²) in [7, 11) is 0. The number of rotatable bonds is 4. The van der Waals surface area contributed by atoms with Crippen LogP contribution in [0.3, 0.4) is 0 Å². The molecule has 0 unspecified atom stereocenters. The summed E-state index contributed by atoms with van der Waals surface area (Å²) >= 11 is 1.26. The Bertz CT molecular complexity index is 910. The van der Waals surface area contributed by atoms with Crippen molar-refractivity contribution in [1.29, 1.82) is 0 Å². The van der Waals surface area contributed by atoms with Crippen molar-refractivity contribution in [3.05, 3.63) is 53.1 Å². The van der Waals surface area contributed by atoms with Gasteiger partial charge in [0.25, 0.3) is 0 Å². The van der Waals surface area contributed by atoms with Crippen molar-refractivity contribution in [2.24, 2.45) is 4.99 Å². The van der Waals surface area contributed by atoms with Crippen molar-refractivity contribution in [2.45, 2.75) is 13.8 Å². The molecule has 23 heavy (non-hydrogen) atoms. The van der Waals surface area contributed by atoms with Crippen LogP contribution in [0.1, 0.15) is 34.8 Å². The first kappa shape index (κ1) is 15.2. The summed E-state index contributed by atoms with van der Waals surface area (Å²) in [6.45, 7) is 7.90. The van der Waals surface area contributed by atoms with Crippen molar-refractivity contribution in [3.63, 3.8) is 0 Å². The molecular weight excluding hydrogens is 308 g/mol. The molecule has 0 radical (unpaired) electrons. The number of thiophene rings is 1. The third-order valence-corrected chi connectivity index (χ3v) is 4.44. The fourth-order valence-electron chi connectivity index (χ4n) is 2.36. The molecular formula is C18H16N2O2S. The summed E-state index contributed by atoms with van der Waals surface area (Å²) in [5, 5.41) is 1.67. The quantitative estimate of drug-likeness (QED) is 0.538. The minimum Gasteiger partial charge on any atom is -0.456 e. The number of nitrogens with zero attached hydrogens (tertiary/aromatic N) is 1. The van der Waals surface area contributed by atoms with Crippen LogP contribution in [0.4, 0.5) is 10.7 Å². The highest BCUT2D eigenvalue weighted by Crippen LogP contribution is 2.43. The third-order valence-electron chi connectivity index (χ3n) is 3.41. The Morgan fingerprint density at radius 2 is 2.09 bits per heavy atom. The first-order valence-electron chi connectivity index (χ1n) is 7.09. The SMILES string of the molecule is C=C(c1cc2ccccc2o1)c1c(N=C(C)C)sc(C=O)c1N. The number of benzene rings is 1. The van der Waals surface area contributed by atoms with E-state index in [1.165, 1.54) is 11.3 Å². The molecule has 0 atom stereocenters. The fourth-order valence-corrected chi connectivity index (χ4v) is 3.40. The molecule has 0 amide bonds. The van der Waals surface area contributed by atoms with E-state index in [0.29, 0.717) is 32.5 Å². The number of anilines is 1. The van der Waals surface area contributed by atoms with Gasteiger partial charge in [-0.05, 0) is 26.0 Å². The maximum Gasteiger partial charge on any atom is 0.162 e. The van der Waals surface area contributed by atoms with E-state index >= 15 is 0 Å². The molecule has 1 aromatic carbocycles. The molecule has 0 fully saturated rings. The van der Waals surface area contributed by atoms with E-state index in [2.05, 4.69) is 11.6 Å².